The van der Waals surface area contributed by atoms with Crippen LogP contribution in [-0.4, -0.2) is 12.2 Å². The lowest BCUT2D eigenvalue weighted by molar-refractivity contribution is 0.0656. The molecule has 1 N–H and O–H groups in total. The molecule has 3 nitrogen and oxygen atoms in total. The van der Waals surface area contributed by atoms with Crippen molar-refractivity contribution < 1.29 is 14.6 Å². The summed E-state index contributed by atoms with van der Waals surface area (Å²) in [5.74, 6) is 1.46. The second-order valence-electron chi connectivity index (χ2n) is 4.82. The van der Waals surface area contributed by atoms with Gasteiger partial charge < -0.3 is 14.6 Å². The molecular weight excluding hydrogens is 276 g/mol. The average Bonchev–Trinajstić information content (AvgIpc) is 2.48. The number of rotatable bonds is 2. The van der Waals surface area contributed by atoms with E-state index in [4.69, 9.17) is 21.1 Å². The third-order valence-electron chi connectivity index (χ3n) is 3.50. The summed E-state index contributed by atoms with van der Waals surface area (Å²) in [4.78, 5) is 0. The fourth-order valence-electron chi connectivity index (χ4n) is 2.46. The van der Waals surface area contributed by atoms with Crippen LogP contribution in [0.25, 0.3) is 0 Å². The molecule has 0 aromatic heterocycles. The van der Waals surface area contributed by atoms with Gasteiger partial charge >= 0.3 is 0 Å². The molecule has 0 radical (unpaired) electrons. The molecule has 0 amide bonds. The molecule has 1 heterocycles. The second kappa shape index (κ2) is 5.35. The summed E-state index contributed by atoms with van der Waals surface area (Å²) in [6.07, 6.45) is -0.261. The first-order chi connectivity index (χ1) is 9.67. The first-order valence-corrected chi connectivity index (χ1v) is 6.83. The van der Waals surface area contributed by atoms with Crippen molar-refractivity contribution in [1.82, 2.24) is 0 Å². The standard InChI is InChI=1S/C16H15ClO3/c1-19-12-4-2-3-10(7-12)16-9-14(18)13-8-11(17)5-6-15(13)20-16/h2-8,14,16,18H,9H2,1H3/t14-,16?/m0/s1. The van der Waals surface area contributed by atoms with Crippen molar-refractivity contribution in [2.24, 2.45) is 0 Å². The highest BCUT2D eigenvalue weighted by Crippen LogP contribution is 2.42. The van der Waals surface area contributed by atoms with E-state index in [-0.39, 0.29) is 6.10 Å². The van der Waals surface area contributed by atoms with Gasteiger partial charge in [-0.05, 0) is 35.9 Å². The fraction of sp³-hybridized carbons (Fsp3) is 0.250. The molecule has 3 rings (SSSR count). The molecule has 2 aromatic rings. The first-order valence-electron chi connectivity index (χ1n) is 6.45. The number of aliphatic hydroxyl groups excluding tert-OH is 1. The zero-order valence-electron chi connectivity index (χ0n) is 11.0. The van der Waals surface area contributed by atoms with Crippen LogP contribution in [-0.2, 0) is 0 Å². The maximum Gasteiger partial charge on any atom is 0.127 e. The van der Waals surface area contributed by atoms with Gasteiger partial charge in [0, 0.05) is 17.0 Å². The smallest absolute Gasteiger partial charge is 0.127 e. The molecule has 4 heteroatoms. The maximum absolute atomic E-state index is 10.3. The van der Waals surface area contributed by atoms with Crippen LogP contribution in [0.3, 0.4) is 0 Å². The molecule has 20 heavy (non-hydrogen) atoms. The molecule has 1 aliphatic heterocycles. The van der Waals surface area contributed by atoms with Gasteiger partial charge in [0.1, 0.15) is 17.6 Å². The zero-order valence-corrected chi connectivity index (χ0v) is 11.8. The molecule has 0 aliphatic carbocycles. The largest absolute Gasteiger partial charge is 0.497 e. The first kappa shape index (κ1) is 13.3. The molecule has 0 saturated carbocycles. The minimum atomic E-state index is -0.575. The molecule has 1 unspecified atom stereocenters. The maximum atomic E-state index is 10.3. The monoisotopic (exact) mass is 290 g/mol. The van der Waals surface area contributed by atoms with E-state index in [1.807, 2.05) is 24.3 Å². The van der Waals surface area contributed by atoms with E-state index in [0.717, 1.165) is 16.9 Å². The molecule has 0 bridgehead atoms. The minimum absolute atomic E-state index is 0.186. The van der Waals surface area contributed by atoms with E-state index < -0.39 is 6.10 Å². The summed E-state index contributed by atoms with van der Waals surface area (Å²) in [7, 11) is 1.63. The Bertz CT molecular complexity index is 627. The number of fused-ring (bicyclic) bond motifs is 1. The van der Waals surface area contributed by atoms with E-state index in [0.29, 0.717) is 17.2 Å². The van der Waals surface area contributed by atoms with Gasteiger partial charge in [-0.1, -0.05) is 23.7 Å². The van der Waals surface area contributed by atoms with E-state index >= 15 is 0 Å². The Kier molecular flexibility index (Phi) is 3.55. The Labute approximate surface area is 122 Å². The molecule has 104 valence electrons. The number of benzene rings is 2. The summed E-state index contributed by atoms with van der Waals surface area (Å²) in [5, 5.41) is 10.9. The summed E-state index contributed by atoms with van der Waals surface area (Å²) in [5.41, 5.74) is 1.74. The number of methoxy groups -OCH3 is 1. The molecule has 0 spiro atoms. The van der Waals surface area contributed by atoms with E-state index in [9.17, 15) is 5.11 Å². The van der Waals surface area contributed by atoms with Gasteiger partial charge in [-0.15, -0.1) is 0 Å². The zero-order chi connectivity index (χ0) is 14.1. The van der Waals surface area contributed by atoms with Gasteiger partial charge in [0.25, 0.3) is 0 Å². The Morgan fingerprint density at radius 2 is 2.10 bits per heavy atom. The summed E-state index contributed by atoms with van der Waals surface area (Å²) in [6, 6.07) is 13.0. The van der Waals surface area contributed by atoms with Crippen LogP contribution in [0.4, 0.5) is 0 Å². The quantitative estimate of drug-likeness (QED) is 0.911. The van der Waals surface area contributed by atoms with Crippen LogP contribution >= 0.6 is 11.6 Å². The van der Waals surface area contributed by atoms with E-state index in [2.05, 4.69) is 0 Å². The van der Waals surface area contributed by atoms with Crippen LogP contribution in [0.2, 0.25) is 5.02 Å². The van der Waals surface area contributed by atoms with Crippen molar-refractivity contribution in [1.29, 1.82) is 0 Å². The van der Waals surface area contributed by atoms with Crippen molar-refractivity contribution in [3.05, 3.63) is 58.6 Å². The van der Waals surface area contributed by atoms with Crippen molar-refractivity contribution in [3.63, 3.8) is 0 Å². The SMILES string of the molecule is COc1cccc(C2C[C@H](O)c3cc(Cl)ccc3O2)c1. The molecular formula is C16H15ClO3. The summed E-state index contributed by atoms with van der Waals surface area (Å²) >= 11 is 5.95. The predicted molar refractivity (Wildman–Crippen MR) is 77.4 cm³/mol. The number of halogens is 1. The second-order valence-corrected chi connectivity index (χ2v) is 5.25. The van der Waals surface area contributed by atoms with Crippen LogP contribution in [0.15, 0.2) is 42.5 Å². The van der Waals surface area contributed by atoms with Crippen molar-refractivity contribution >= 4 is 11.6 Å². The lowest BCUT2D eigenvalue weighted by Gasteiger charge is -2.30. The predicted octanol–water partition coefficient (Wildman–Crippen LogP) is 3.91. The number of aliphatic hydroxyl groups is 1. The molecule has 2 atom stereocenters. The van der Waals surface area contributed by atoms with Crippen molar-refractivity contribution in [2.45, 2.75) is 18.6 Å². The van der Waals surface area contributed by atoms with Gasteiger partial charge in [-0.2, -0.15) is 0 Å². The van der Waals surface area contributed by atoms with Crippen LogP contribution in [0.5, 0.6) is 11.5 Å². The number of hydrogen-bond acceptors (Lipinski definition) is 3. The molecule has 0 saturated heterocycles. The fourth-order valence-corrected chi connectivity index (χ4v) is 2.64. The minimum Gasteiger partial charge on any atom is -0.497 e. The van der Waals surface area contributed by atoms with Gasteiger partial charge in [0.15, 0.2) is 0 Å². The summed E-state index contributed by atoms with van der Waals surface area (Å²) in [6.45, 7) is 0. The highest BCUT2D eigenvalue weighted by Gasteiger charge is 2.28. The Morgan fingerprint density at radius 3 is 2.90 bits per heavy atom. The number of ether oxygens (including phenoxy) is 2. The Hall–Kier alpha value is -1.71. The average molecular weight is 291 g/mol. The van der Waals surface area contributed by atoms with Crippen molar-refractivity contribution in [3.8, 4) is 11.5 Å². The lowest BCUT2D eigenvalue weighted by atomic mass is 9.95. The lowest BCUT2D eigenvalue weighted by Crippen LogP contribution is -2.19. The molecule has 2 aromatic carbocycles. The molecule has 1 aliphatic rings. The topological polar surface area (TPSA) is 38.7 Å². The highest BCUT2D eigenvalue weighted by molar-refractivity contribution is 6.30. The highest BCUT2D eigenvalue weighted by atomic mass is 35.5. The van der Waals surface area contributed by atoms with Crippen LogP contribution < -0.4 is 9.47 Å². The normalized spacial score (nSPS) is 20.9. The summed E-state index contributed by atoms with van der Waals surface area (Å²) < 4.78 is 11.2. The van der Waals surface area contributed by atoms with Gasteiger partial charge in [0.05, 0.1) is 13.2 Å². The van der Waals surface area contributed by atoms with Gasteiger partial charge in [-0.3, -0.25) is 0 Å². The van der Waals surface area contributed by atoms with Crippen LogP contribution in [0, 0.1) is 0 Å². The van der Waals surface area contributed by atoms with E-state index in [1.165, 1.54) is 0 Å². The van der Waals surface area contributed by atoms with Gasteiger partial charge in [0.2, 0.25) is 0 Å². The Morgan fingerprint density at radius 1 is 1.25 bits per heavy atom. The third kappa shape index (κ3) is 2.47. The third-order valence-corrected chi connectivity index (χ3v) is 3.74. The Balaban J connectivity index is 1.92. The van der Waals surface area contributed by atoms with Gasteiger partial charge in [-0.25, -0.2) is 0 Å². The van der Waals surface area contributed by atoms with E-state index in [1.54, 1.807) is 25.3 Å². The van der Waals surface area contributed by atoms with Crippen LogP contribution in [0.1, 0.15) is 29.8 Å². The molecule has 0 fully saturated rings. The number of hydrogen-bond donors (Lipinski definition) is 1. The van der Waals surface area contributed by atoms with Crippen molar-refractivity contribution in [2.75, 3.05) is 7.11 Å².